The van der Waals surface area contributed by atoms with E-state index in [1.165, 1.54) is 0 Å². The van der Waals surface area contributed by atoms with E-state index in [1.54, 1.807) is 36.0 Å². The predicted octanol–water partition coefficient (Wildman–Crippen LogP) is 3.24. The van der Waals surface area contributed by atoms with Gasteiger partial charge in [-0.2, -0.15) is 0 Å². The van der Waals surface area contributed by atoms with Gasteiger partial charge in [-0.05, 0) is 25.1 Å². The highest BCUT2D eigenvalue weighted by molar-refractivity contribution is 6.10. The molecule has 0 radical (unpaired) electrons. The Morgan fingerprint density at radius 1 is 1.16 bits per heavy atom. The highest BCUT2D eigenvalue weighted by Crippen LogP contribution is 2.20. The van der Waals surface area contributed by atoms with Gasteiger partial charge in [0.05, 0.1) is 0 Å². The van der Waals surface area contributed by atoms with Crippen LogP contribution in [-0.4, -0.2) is 32.2 Å². The van der Waals surface area contributed by atoms with Crippen LogP contribution < -0.4 is 0 Å². The number of pyridine rings is 1. The molecule has 0 unspecified atom stereocenters. The minimum absolute atomic E-state index is 0.171. The van der Waals surface area contributed by atoms with Gasteiger partial charge in [-0.15, -0.1) is 0 Å². The standard InChI is InChI=1S/C19H15N3O3/c1-12(18(23)14-10-20-15-7-3-2-6-13(14)15)25-19(24)16-11-22-9-5-4-8-17(22)21-16/h2-12,20H,1H3/t12-/m0/s1. The molecule has 0 saturated carbocycles. The fourth-order valence-electron chi connectivity index (χ4n) is 2.80. The number of hydrogen-bond donors (Lipinski definition) is 1. The van der Waals surface area contributed by atoms with Crippen molar-refractivity contribution in [2.24, 2.45) is 0 Å². The zero-order chi connectivity index (χ0) is 17.4. The highest BCUT2D eigenvalue weighted by atomic mass is 16.5. The average molecular weight is 333 g/mol. The lowest BCUT2D eigenvalue weighted by molar-refractivity contribution is 0.0314. The number of esters is 1. The van der Waals surface area contributed by atoms with Gasteiger partial charge in [0.15, 0.2) is 11.8 Å². The summed E-state index contributed by atoms with van der Waals surface area (Å²) in [7, 11) is 0. The van der Waals surface area contributed by atoms with Crippen molar-refractivity contribution in [3.05, 3.63) is 72.3 Å². The molecule has 25 heavy (non-hydrogen) atoms. The molecule has 0 aliphatic rings. The Morgan fingerprint density at radius 3 is 2.80 bits per heavy atom. The maximum absolute atomic E-state index is 12.6. The van der Waals surface area contributed by atoms with Gasteiger partial charge in [0, 0.05) is 35.1 Å². The van der Waals surface area contributed by atoms with Crippen molar-refractivity contribution >= 4 is 28.3 Å². The first-order valence-corrected chi connectivity index (χ1v) is 7.88. The Labute approximate surface area is 143 Å². The number of H-pyrrole nitrogens is 1. The molecule has 0 fully saturated rings. The zero-order valence-electron chi connectivity index (χ0n) is 13.5. The maximum Gasteiger partial charge on any atom is 0.359 e. The molecule has 4 aromatic rings. The zero-order valence-corrected chi connectivity index (χ0v) is 13.5. The van der Waals surface area contributed by atoms with E-state index < -0.39 is 12.1 Å². The van der Waals surface area contributed by atoms with E-state index in [4.69, 9.17) is 4.74 Å². The normalized spacial score (nSPS) is 12.4. The van der Waals surface area contributed by atoms with Gasteiger partial charge in [-0.3, -0.25) is 4.79 Å². The molecule has 0 bridgehead atoms. The van der Waals surface area contributed by atoms with Crippen molar-refractivity contribution in [1.29, 1.82) is 0 Å². The summed E-state index contributed by atoms with van der Waals surface area (Å²) >= 11 is 0. The molecule has 1 N–H and O–H groups in total. The average Bonchev–Trinajstić information content (AvgIpc) is 3.25. The summed E-state index contributed by atoms with van der Waals surface area (Å²) in [5.74, 6) is -0.876. The summed E-state index contributed by atoms with van der Waals surface area (Å²) in [6.07, 6.45) is 4.11. The lowest BCUT2D eigenvalue weighted by Gasteiger charge is -2.10. The topological polar surface area (TPSA) is 76.5 Å². The molecule has 124 valence electrons. The molecule has 0 saturated heterocycles. The van der Waals surface area contributed by atoms with Crippen LogP contribution in [0.4, 0.5) is 0 Å². The molecular formula is C19H15N3O3. The number of aromatic nitrogens is 3. The summed E-state index contributed by atoms with van der Waals surface area (Å²) < 4.78 is 7.05. The van der Waals surface area contributed by atoms with Crippen LogP contribution in [0.25, 0.3) is 16.6 Å². The SMILES string of the molecule is C[C@H](OC(=O)c1cn2ccccc2n1)C(=O)c1c[nH]c2ccccc12. The van der Waals surface area contributed by atoms with E-state index in [1.807, 2.05) is 36.4 Å². The minimum atomic E-state index is -0.906. The summed E-state index contributed by atoms with van der Waals surface area (Å²) in [6.45, 7) is 1.57. The Balaban J connectivity index is 1.55. The molecule has 0 aliphatic heterocycles. The number of ketones is 1. The van der Waals surface area contributed by atoms with Gasteiger partial charge in [0.25, 0.3) is 0 Å². The number of carbonyl (C=O) groups excluding carboxylic acids is 2. The number of fused-ring (bicyclic) bond motifs is 2. The van der Waals surface area contributed by atoms with Crippen molar-refractivity contribution < 1.29 is 14.3 Å². The van der Waals surface area contributed by atoms with E-state index in [9.17, 15) is 9.59 Å². The number of nitrogens with one attached hydrogen (secondary N) is 1. The number of Topliss-reactive ketones (excluding diaryl/α,β-unsaturated/α-hetero) is 1. The second-order valence-electron chi connectivity index (χ2n) is 5.75. The second-order valence-corrected chi connectivity index (χ2v) is 5.75. The first-order valence-electron chi connectivity index (χ1n) is 7.88. The number of nitrogens with zero attached hydrogens (tertiary/aromatic N) is 2. The second kappa shape index (κ2) is 5.90. The first-order chi connectivity index (χ1) is 12.1. The van der Waals surface area contributed by atoms with Crippen molar-refractivity contribution in [3.63, 3.8) is 0 Å². The molecule has 0 amide bonds. The molecule has 1 atom stereocenters. The highest BCUT2D eigenvalue weighted by Gasteiger charge is 2.24. The summed E-state index contributed by atoms with van der Waals surface area (Å²) in [4.78, 5) is 32.2. The molecule has 3 heterocycles. The molecule has 4 rings (SSSR count). The molecule has 0 aliphatic carbocycles. The van der Waals surface area contributed by atoms with Crippen molar-refractivity contribution in [2.45, 2.75) is 13.0 Å². The Bertz CT molecular complexity index is 1060. The van der Waals surface area contributed by atoms with Crippen molar-refractivity contribution in [1.82, 2.24) is 14.4 Å². The molecule has 0 spiro atoms. The fraction of sp³-hybridized carbons (Fsp3) is 0.105. The largest absolute Gasteiger partial charge is 0.449 e. The maximum atomic E-state index is 12.6. The number of para-hydroxylation sites is 1. The van der Waals surface area contributed by atoms with Crippen LogP contribution in [0.3, 0.4) is 0 Å². The molecule has 3 aromatic heterocycles. The Morgan fingerprint density at radius 2 is 1.96 bits per heavy atom. The van der Waals surface area contributed by atoms with Crippen molar-refractivity contribution in [2.75, 3.05) is 0 Å². The minimum Gasteiger partial charge on any atom is -0.449 e. The number of imidazole rings is 1. The Hall–Kier alpha value is -3.41. The van der Waals surface area contributed by atoms with Gasteiger partial charge in [-0.1, -0.05) is 24.3 Å². The lowest BCUT2D eigenvalue weighted by atomic mass is 10.1. The van der Waals surface area contributed by atoms with E-state index >= 15 is 0 Å². The van der Waals surface area contributed by atoms with E-state index in [-0.39, 0.29) is 11.5 Å². The van der Waals surface area contributed by atoms with E-state index in [0.717, 1.165) is 10.9 Å². The van der Waals surface area contributed by atoms with Crippen LogP contribution in [0, 0.1) is 0 Å². The third kappa shape index (κ3) is 2.67. The smallest absolute Gasteiger partial charge is 0.359 e. The van der Waals surface area contributed by atoms with E-state index in [0.29, 0.717) is 11.2 Å². The number of hydrogen-bond acceptors (Lipinski definition) is 4. The number of rotatable bonds is 4. The predicted molar refractivity (Wildman–Crippen MR) is 92.7 cm³/mol. The van der Waals surface area contributed by atoms with Gasteiger partial charge < -0.3 is 14.1 Å². The molecule has 6 nitrogen and oxygen atoms in total. The lowest BCUT2D eigenvalue weighted by Crippen LogP contribution is -2.24. The fourth-order valence-corrected chi connectivity index (χ4v) is 2.80. The van der Waals surface area contributed by atoms with Gasteiger partial charge in [0.1, 0.15) is 5.65 Å². The third-order valence-electron chi connectivity index (χ3n) is 4.08. The number of carbonyl (C=O) groups is 2. The van der Waals surface area contributed by atoms with Crippen LogP contribution in [0.15, 0.2) is 61.1 Å². The molecule has 6 heteroatoms. The number of ether oxygens (including phenoxy) is 1. The summed E-state index contributed by atoms with van der Waals surface area (Å²) in [5.41, 5.74) is 2.19. The molecular weight excluding hydrogens is 318 g/mol. The number of benzene rings is 1. The van der Waals surface area contributed by atoms with Crippen LogP contribution in [-0.2, 0) is 4.74 Å². The third-order valence-corrected chi connectivity index (χ3v) is 4.08. The summed E-state index contributed by atoms with van der Waals surface area (Å²) in [6, 6.07) is 13.0. The number of aromatic amines is 1. The van der Waals surface area contributed by atoms with Gasteiger partial charge in [-0.25, -0.2) is 9.78 Å². The van der Waals surface area contributed by atoms with Crippen LogP contribution >= 0.6 is 0 Å². The molecule has 1 aromatic carbocycles. The first kappa shape index (κ1) is 15.1. The van der Waals surface area contributed by atoms with Crippen LogP contribution in [0.2, 0.25) is 0 Å². The van der Waals surface area contributed by atoms with Gasteiger partial charge in [0.2, 0.25) is 5.78 Å². The van der Waals surface area contributed by atoms with E-state index in [2.05, 4.69) is 9.97 Å². The van der Waals surface area contributed by atoms with Crippen LogP contribution in [0.1, 0.15) is 27.8 Å². The Kier molecular flexibility index (Phi) is 3.57. The monoisotopic (exact) mass is 333 g/mol. The summed E-state index contributed by atoms with van der Waals surface area (Å²) in [5, 5.41) is 0.808. The van der Waals surface area contributed by atoms with Gasteiger partial charge >= 0.3 is 5.97 Å². The van der Waals surface area contributed by atoms with Crippen LogP contribution in [0.5, 0.6) is 0 Å². The van der Waals surface area contributed by atoms with Crippen molar-refractivity contribution in [3.8, 4) is 0 Å². The quantitative estimate of drug-likeness (QED) is 0.459.